The van der Waals surface area contributed by atoms with Crippen LogP contribution in [0.5, 0.6) is 0 Å². The topological polar surface area (TPSA) is 3.24 Å². The van der Waals surface area contributed by atoms with Gasteiger partial charge < -0.3 is 4.90 Å². The fourth-order valence-corrected chi connectivity index (χ4v) is 3.26. The molecule has 0 aromatic rings. The van der Waals surface area contributed by atoms with E-state index in [0.29, 0.717) is 5.41 Å². The van der Waals surface area contributed by atoms with E-state index in [1.165, 1.54) is 57.3 Å². The van der Waals surface area contributed by atoms with Crippen LogP contribution >= 0.6 is 0 Å². The highest BCUT2D eigenvalue weighted by Gasteiger charge is 2.30. The lowest BCUT2D eigenvalue weighted by Gasteiger charge is -2.42. The number of allylic oxidation sites excluding steroid dienone is 1. The normalized spacial score (nSPS) is 32.1. The van der Waals surface area contributed by atoms with Crippen LogP contribution in [-0.2, 0) is 0 Å². The molecule has 0 bridgehead atoms. The van der Waals surface area contributed by atoms with Crippen molar-refractivity contribution in [1.82, 2.24) is 4.90 Å². The van der Waals surface area contributed by atoms with Crippen LogP contribution < -0.4 is 0 Å². The molecule has 0 aromatic heterocycles. The molecule has 1 aliphatic carbocycles. The summed E-state index contributed by atoms with van der Waals surface area (Å²) in [5.74, 6) is 1.97. The maximum atomic E-state index is 4.32. The monoisotopic (exact) mass is 235 g/mol. The zero-order chi connectivity index (χ0) is 12.5. The Balaban J connectivity index is 1.71. The summed E-state index contributed by atoms with van der Waals surface area (Å²) in [6.45, 7) is 13.9. The van der Waals surface area contributed by atoms with Crippen LogP contribution in [0.3, 0.4) is 0 Å². The average molecular weight is 235 g/mol. The highest BCUT2D eigenvalue weighted by Crippen LogP contribution is 2.40. The molecule has 1 saturated carbocycles. The van der Waals surface area contributed by atoms with Gasteiger partial charge in [-0.15, -0.1) is 0 Å². The van der Waals surface area contributed by atoms with Gasteiger partial charge in [0.15, 0.2) is 0 Å². The van der Waals surface area contributed by atoms with E-state index in [1.807, 2.05) is 0 Å². The Bertz CT molecular complexity index is 263. The zero-order valence-corrected chi connectivity index (χ0v) is 12.0. The van der Waals surface area contributed by atoms with Crippen molar-refractivity contribution in [2.45, 2.75) is 59.3 Å². The minimum Gasteiger partial charge on any atom is -0.375 e. The number of piperidine rings is 1. The predicted octanol–water partition coefficient (Wildman–Crippen LogP) is 4.45. The average Bonchev–Trinajstić information content (AvgIpc) is 2.22. The van der Waals surface area contributed by atoms with Crippen molar-refractivity contribution in [2.24, 2.45) is 17.3 Å². The summed E-state index contributed by atoms with van der Waals surface area (Å²) in [7, 11) is 0. The van der Waals surface area contributed by atoms with Crippen LogP contribution in [0.2, 0.25) is 0 Å². The van der Waals surface area contributed by atoms with E-state index in [4.69, 9.17) is 0 Å². The molecular weight excluding hydrogens is 206 g/mol. The molecule has 2 aliphatic rings. The molecule has 1 aliphatic heterocycles. The Morgan fingerprint density at radius 2 is 1.76 bits per heavy atom. The molecule has 0 N–H and O–H groups in total. The van der Waals surface area contributed by atoms with Gasteiger partial charge in [0.25, 0.3) is 0 Å². The smallest absolute Gasteiger partial charge is 0.0179 e. The van der Waals surface area contributed by atoms with Crippen LogP contribution in [0.25, 0.3) is 0 Å². The predicted molar refractivity (Wildman–Crippen MR) is 74.9 cm³/mol. The number of nitrogens with zero attached hydrogens (tertiary/aromatic N) is 1. The van der Waals surface area contributed by atoms with E-state index in [-0.39, 0.29) is 0 Å². The summed E-state index contributed by atoms with van der Waals surface area (Å²) >= 11 is 0. The van der Waals surface area contributed by atoms with Crippen LogP contribution in [0.4, 0.5) is 0 Å². The first-order chi connectivity index (χ1) is 8.00. The largest absolute Gasteiger partial charge is 0.375 e. The van der Waals surface area contributed by atoms with Crippen molar-refractivity contribution in [2.75, 3.05) is 13.1 Å². The summed E-state index contributed by atoms with van der Waals surface area (Å²) < 4.78 is 0. The molecule has 17 heavy (non-hydrogen) atoms. The fourth-order valence-electron chi connectivity index (χ4n) is 3.26. The van der Waals surface area contributed by atoms with E-state index in [2.05, 4.69) is 32.3 Å². The molecule has 0 unspecified atom stereocenters. The van der Waals surface area contributed by atoms with Gasteiger partial charge >= 0.3 is 0 Å². The Morgan fingerprint density at radius 3 is 2.29 bits per heavy atom. The number of hydrogen-bond acceptors (Lipinski definition) is 1. The third-order valence-electron chi connectivity index (χ3n) is 5.00. The van der Waals surface area contributed by atoms with Crippen molar-refractivity contribution in [3.8, 4) is 0 Å². The van der Waals surface area contributed by atoms with Crippen molar-refractivity contribution >= 4 is 0 Å². The minimum atomic E-state index is 0.556. The molecule has 0 atom stereocenters. The summed E-state index contributed by atoms with van der Waals surface area (Å²) in [6.07, 6.45) is 8.20. The van der Waals surface area contributed by atoms with Crippen molar-refractivity contribution in [3.05, 3.63) is 12.3 Å². The quantitative estimate of drug-likeness (QED) is 0.696. The van der Waals surface area contributed by atoms with Crippen LogP contribution in [-0.4, -0.2) is 18.0 Å². The van der Waals surface area contributed by atoms with Gasteiger partial charge in [-0.25, -0.2) is 0 Å². The van der Waals surface area contributed by atoms with Gasteiger partial charge in [-0.3, -0.25) is 0 Å². The van der Waals surface area contributed by atoms with Gasteiger partial charge in [-0.2, -0.15) is 0 Å². The fraction of sp³-hybridized carbons (Fsp3) is 0.875. The SMILES string of the molecule is C=C(CC1CC(CC)C1)N1CCC(C)(C)CC1. The van der Waals surface area contributed by atoms with Gasteiger partial charge in [-0.1, -0.05) is 33.8 Å². The molecule has 1 nitrogen and oxygen atoms in total. The summed E-state index contributed by atoms with van der Waals surface area (Å²) in [6, 6.07) is 0. The zero-order valence-electron chi connectivity index (χ0n) is 12.0. The maximum absolute atomic E-state index is 4.32. The van der Waals surface area contributed by atoms with Gasteiger partial charge in [0.05, 0.1) is 0 Å². The van der Waals surface area contributed by atoms with Crippen LogP contribution in [0.15, 0.2) is 12.3 Å². The lowest BCUT2D eigenvalue weighted by Crippen LogP contribution is -2.37. The molecule has 1 heteroatoms. The first kappa shape index (κ1) is 13.0. The second-order valence-electron chi connectivity index (χ2n) is 7.03. The van der Waals surface area contributed by atoms with E-state index in [0.717, 1.165) is 11.8 Å². The van der Waals surface area contributed by atoms with Crippen LogP contribution in [0.1, 0.15) is 59.3 Å². The third kappa shape index (κ3) is 3.26. The molecule has 1 saturated heterocycles. The second-order valence-corrected chi connectivity index (χ2v) is 7.03. The van der Waals surface area contributed by atoms with Gasteiger partial charge in [0, 0.05) is 18.8 Å². The number of likely N-dealkylation sites (tertiary alicyclic amines) is 1. The first-order valence-electron chi connectivity index (χ1n) is 7.43. The molecule has 0 aromatic carbocycles. The summed E-state index contributed by atoms with van der Waals surface area (Å²) in [5, 5.41) is 0. The highest BCUT2D eigenvalue weighted by atomic mass is 15.1. The Hall–Kier alpha value is -0.460. The number of hydrogen-bond donors (Lipinski definition) is 0. The summed E-state index contributed by atoms with van der Waals surface area (Å²) in [5.41, 5.74) is 1.97. The Labute approximate surface area is 107 Å². The van der Waals surface area contributed by atoms with Crippen molar-refractivity contribution in [3.63, 3.8) is 0 Å². The highest BCUT2D eigenvalue weighted by molar-refractivity contribution is 5.00. The first-order valence-corrected chi connectivity index (χ1v) is 7.43. The second kappa shape index (κ2) is 5.04. The molecule has 2 fully saturated rings. The molecule has 98 valence electrons. The number of rotatable bonds is 4. The van der Waals surface area contributed by atoms with Gasteiger partial charge in [0.1, 0.15) is 0 Å². The molecule has 0 radical (unpaired) electrons. The van der Waals surface area contributed by atoms with E-state index >= 15 is 0 Å². The maximum Gasteiger partial charge on any atom is 0.0179 e. The molecule has 0 spiro atoms. The summed E-state index contributed by atoms with van der Waals surface area (Å²) in [4.78, 5) is 2.55. The molecule has 1 heterocycles. The van der Waals surface area contributed by atoms with Crippen molar-refractivity contribution in [1.29, 1.82) is 0 Å². The van der Waals surface area contributed by atoms with E-state index in [1.54, 1.807) is 0 Å². The Morgan fingerprint density at radius 1 is 1.18 bits per heavy atom. The van der Waals surface area contributed by atoms with Gasteiger partial charge in [-0.05, 0) is 49.4 Å². The molecule has 0 amide bonds. The van der Waals surface area contributed by atoms with E-state index < -0.39 is 0 Å². The van der Waals surface area contributed by atoms with E-state index in [9.17, 15) is 0 Å². The van der Waals surface area contributed by atoms with Crippen molar-refractivity contribution < 1.29 is 0 Å². The van der Waals surface area contributed by atoms with Crippen LogP contribution in [0, 0.1) is 17.3 Å². The minimum absolute atomic E-state index is 0.556. The third-order valence-corrected chi connectivity index (χ3v) is 5.00. The molecule has 2 rings (SSSR count). The lowest BCUT2D eigenvalue weighted by atomic mass is 9.71. The lowest BCUT2D eigenvalue weighted by molar-refractivity contribution is 0.136. The standard InChI is InChI=1S/C16H29N/c1-5-14-11-15(12-14)10-13(2)17-8-6-16(3,4)7-9-17/h14-15H,2,5-12H2,1,3-4H3. The Kier molecular flexibility index (Phi) is 3.85. The molecular formula is C16H29N. The van der Waals surface area contributed by atoms with Gasteiger partial charge in [0.2, 0.25) is 0 Å².